The number of rotatable bonds is 0. The zero-order valence-corrected chi connectivity index (χ0v) is 7.24. The third kappa shape index (κ3) is 1.37. The number of hydrogen-bond donors (Lipinski definition) is 4. The molecule has 0 amide bonds. The molecule has 5 heteroatoms. The van der Waals surface area contributed by atoms with Crippen molar-refractivity contribution >= 4 is 0 Å². The molecule has 5 atom stereocenters. The molecule has 13 heavy (non-hydrogen) atoms. The van der Waals surface area contributed by atoms with E-state index in [9.17, 15) is 20.4 Å². The molecule has 2 aliphatic rings. The molecule has 0 radical (unpaired) electrons. The number of aliphatic hydroxyl groups is 4. The van der Waals surface area contributed by atoms with E-state index in [0.29, 0.717) is 19.5 Å². The molecule has 2 saturated heterocycles. The second-order valence-corrected chi connectivity index (χ2v) is 3.89. The average molecular weight is 189 g/mol. The molecule has 0 aromatic rings. The molecule has 0 aromatic carbocycles. The van der Waals surface area contributed by atoms with Crippen molar-refractivity contribution < 1.29 is 20.4 Å². The van der Waals surface area contributed by atoms with E-state index in [2.05, 4.69) is 0 Å². The molecule has 0 bridgehead atoms. The van der Waals surface area contributed by atoms with Gasteiger partial charge in [-0.2, -0.15) is 0 Å². The van der Waals surface area contributed by atoms with E-state index in [0.717, 1.165) is 0 Å². The van der Waals surface area contributed by atoms with E-state index in [-0.39, 0.29) is 0 Å². The van der Waals surface area contributed by atoms with Gasteiger partial charge in [-0.25, -0.2) is 0 Å². The zero-order valence-electron chi connectivity index (χ0n) is 7.24. The highest BCUT2D eigenvalue weighted by Gasteiger charge is 2.47. The van der Waals surface area contributed by atoms with Gasteiger partial charge in [0.05, 0.1) is 18.2 Å². The first-order chi connectivity index (χ1) is 6.11. The van der Waals surface area contributed by atoms with Gasteiger partial charge in [0.15, 0.2) is 0 Å². The highest BCUT2D eigenvalue weighted by molar-refractivity contribution is 5.01. The van der Waals surface area contributed by atoms with Crippen molar-refractivity contribution in [3.8, 4) is 0 Å². The van der Waals surface area contributed by atoms with Gasteiger partial charge in [-0.3, -0.25) is 4.90 Å². The first-order valence-electron chi connectivity index (χ1n) is 4.57. The van der Waals surface area contributed by atoms with Gasteiger partial charge in [0.1, 0.15) is 12.2 Å². The number of piperidine rings is 1. The fourth-order valence-corrected chi connectivity index (χ4v) is 2.30. The fraction of sp³-hybridized carbons (Fsp3) is 1.00. The van der Waals surface area contributed by atoms with Gasteiger partial charge in [0.25, 0.3) is 0 Å². The molecule has 2 rings (SSSR count). The number of nitrogens with zero attached hydrogens (tertiary/aromatic N) is 1. The Morgan fingerprint density at radius 2 is 1.62 bits per heavy atom. The van der Waals surface area contributed by atoms with E-state index in [1.54, 1.807) is 0 Å². The lowest BCUT2D eigenvalue weighted by Crippen LogP contribution is -2.61. The van der Waals surface area contributed by atoms with Crippen molar-refractivity contribution in [1.82, 2.24) is 4.90 Å². The van der Waals surface area contributed by atoms with Crippen LogP contribution in [0.25, 0.3) is 0 Å². The summed E-state index contributed by atoms with van der Waals surface area (Å²) in [6.07, 6.45) is -3.06. The summed E-state index contributed by atoms with van der Waals surface area (Å²) in [6.45, 7) is 1.01. The SMILES string of the molecule is OC1[C@H](O)[C@@H](O)CN2CC[C@H](O)[C@H]12. The van der Waals surface area contributed by atoms with Crippen LogP contribution in [-0.2, 0) is 0 Å². The molecule has 2 fully saturated rings. The Kier molecular flexibility index (Phi) is 2.29. The summed E-state index contributed by atoms with van der Waals surface area (Å²) >= 11 is 0. The fourth-order valence-electron chi connectivity index (χ4n) is 2.30. The van der Waals surface area contributed by atoms with Crippen LogP contribution in [0.4, 0.5) is 0 Å². The maximum absolute atomic E-state index is 9.58. The lowest BCUT2D eigenvalue weighted by molar-refractivity contribution is -0.140. The Morgan fingerprint density at radius 3 is 2.31 bits per heavy atom. The van der Waals surface area contributed by atoms with Crippen molar-refractivity contribution in [3.63, 3.8) is 0 Å². The molecule has 0 aliphatic carbocycles. The highest BCUT2D eigenvalue weighted by atomic mass is 16.4. The van der Waals surface area contributed by atoms with Crippen molar-refractivity contribution in [2.24, 2.45) is 0 Å². The smallest absolute Gasteiger partial charge is 0.109 e. The van der Waals surface area contributed by atoms with E-state index in [1.807, 2.05) is 4.90 Å². The number of hydrogen-bond acceptors (Lipinski definition) is 5. The molecule has 2 heterocycles. The van der Waals surface area contributed by atoms with Crippen LogP contribution >= 0.6 is 0 Å². The Labute approximate surface area is 76.2 Å². The molecule has 0 spiro atoms. The first kappa shape index (κ1) is 9.36. The van der Waals surface area contributed by atoms with Gasteiger partial charge in [-0.05, 0) is 6.42 Å². The minimum atomic E-state index is -1.13. The van der Waals surface area contributed by atoms with Crippen molar-refractivity contribution in [3.05, 3.63) is 0 Å². The predicted octanol–water partition coefficient (Wildman–Crippen LogP) is -2.48. The lowest BCUT2D eigenvalue weighted by Gasteiger charge is -2.40. The van der Waals surface area contributed by atoms with E-state index < -0.39 is 30.5 Å². The zero-order chi connectivity index (χ0) is 9.59. The molecule has 76 valence electrons. The molecular weight excluding hydrogens is 174 g/mol. The monoisotopic (exact) mass is 189 g/mol. The van der Waals surface area contributed by atoms with Crippen LogP contribution in [-0.4, -0.2) is 68.9 Å². The minimum absolute atomic E-state index is 0.333. The van der Waals surface area contributed by atoms with Gasteiger partial charge >= 0.3 is 0 Å². The van der Waals surface area contributed by atoms with Crippen molar-refractivity contribution in [1.29, 1.82) is 0 Å². The molecule has 2 aliphatic heterocycles. The summed E-state index contributed by atoms with van der Waals surface area (Å²) in [7, 11) is 0. The second kappa shape index (κ2) is 3.18. The summed E-state index contributed by atoms with van der Waals surface area (Å²) in [6, 6.07) is -0.404. The highest BCUT2D eigenvalue weighted by Crippen LogP contribution is 2.27. The maximum atomic E-state index is 9.58. The Morgan fingerprint density at radius 1 is 0.923 bits per heavy atom. The topological polar surface area (TPSA) is 84.2 Å². The summed E-state index contributed by atoms with van der Waals surface area (Å²) in [5.74, 6) is 0. The standard InChI is InChI=1S/C8H15NO4/c10-4-1-2-9-3-5(11)7(12)8(13)6(4)9/h4-8,10-13H,1-3H2/t4-,5-,6+,7+,8?/m0/s1. The van der Waals surface area contributed by atoms with E-state index in [1.165, 1.54) is 0 Å². The summed E-state index contributed by atoms with van der Waals surface area (Å²) in [4.78, 5) is 1.83. The summed E-state index contributed by atoms with van der Waals surface area (Å²) < 4.78 is 0. The predicted molar refractivity (Wildman–Crippen MR) is 44.0 cm³/mol. The number of aliphatic hydroxyl groups excluding tert-OH is 4. The van der Waals surface area contributed by atoms with E-state index >= 15 is 0 Å². The quantitative estimate of drug-likeness (QED) is 0.339. The van der Waals surface area contributed by atoms with Crippen LogP contribution in [0, 0.1) is 0 Å². The minimum Gasteiger partial charge on any atom is -0.391 e. The lowest BCUT2D eigenvalue weighted by atomic mass is 9.93. The van der Waals surface area contributed by atoms with Crippen LogP contribution in [0.15, 0.2) is 0 Å². The molecule has 0 aromatic heterocycles. The third-order valence-corrected chi connectivity index (χ3v) is 3.04. The van der Waals surface area contributed by atoms with Crippen LogP contribution in [0.5, 0.6) is 0 Å². The van der Waals surface area contributed by atoms with E-state index in [4.69, 9.17) is 0 Å². The molecule has 0 saturated carbocycles. The normalized spacial score (nSPS) is 52.2. The first-order valence-corrected chi connectivity index (χ1v) is 4.57. The van der Waals surface area contributed by atoms with Gasteiger partial charge in [0.2, 0.25) is 0 Å². The van der Waals surface area contributed by atoms with Gasteiger partial charge < -0.3 is 20.4 Å². The molecular formula is C8H15NO4. The molecule has 1 unspecified atom stereocenters. The largest absolute Gasteiger partial charge is 0.391 e. The maximum Gasteiger partial charge on any atom is 0.109 e. The summed E-state index contributed by atoms with van der Waals surface area (Å²) in [5, 5.41) is 37.8. The number of fused-ring (bicyclic) bond motifs is 1. The van der Waals surface area contributed by atoms with Gasteiger partial charge in [0, 0.05) is 13.1 Å². The van der Waals surface area contributed by atoms with Crippen LogP contribution in [0.3, 0.4) is 0 Å². The van der Waals surface area contributed by atoms with Crippen LogP contribution < -0.4 is 0 Å². The Balaban J connectivity index is 2.15. The van der Waals surface area contributed by atoms with Gasteiger partial charge in [-0.15, -0.1) is 0 Å². The molecule has 4 N–H and O–H groups in total. The third-order valence-electron chi connectivity index (χ3n) is 3.04. The van der Waals surface area contributed by atoms with Gasteiger partial charge in [-0.1, -0.05) is 0 Å². The van der Waals surface area contributed by atoms with Crippen molar-refractivity contribution in [2.45, 2.75) is 36.9 Å². The second-order valence-electron chi connectivity index (χ2n) is 3.89. The Bertz CT molecular complexity index is 201. The average Bonchev–Trinajstić information content (AvgIpc) is 2.43. The van der Waals surface area contributed by atoms with Crippen molar-refractivity contribution in [2.75, 3.05) is 13.1 Å². The van der Waals surface area contributed by atoms with Crippen LogP contribution in [0.1, 0.15) is 6.42 Å². The summed E-state index contributed by atoms with van der Waals surface area (Å²) in [5.41, 5.74) is 0. The molecule has 5 nitrogen and oxygen atoms in total. The van der Waals surface area contributed by atoms with Crippen LogP contribution in [0.2, 0.25) is 0 Å². The Hall–Kier alpha value is -0.200.